The summed E-state index contributed by atoms with van der Waals surface area (Å²) in [4.78, 5) is 9.47. The van der Waals surface area contributed by atoms with Crippen molar-refractivity contribution >= 4 is 49.9 Å². The summed E-state index contributed by atoms with van der Waals surface area (Å²) in [6, 6.07) is 14.8. The molecule has 0 saturated heterocycles. The fourth-order valence-corrected chi connectivity index (χ4v) is 7.22. The molecule has 8 heteroatoms. The Balaban J connectivity index is 1.07. The van der Waals surface area contributed by atoms with Crippen LogP contribution in [0.3, 0.4) is 0 Å². The van der Waals surface area contributed by atoms with Gasteiger partial charge in [-0.1, -0.05) is 36.9 Å². The van der Waals surface area contributed by atoms with E-state index in [2.05, 4.69) is 75.4 Å². The molecule has 0 amide bonds. The maximum Gasteiger partial charge on any atom is 0.191 e. The van der Waals surface area contributed by atoms with E-state index >= 15 is 0 Å². The standard InChI is InChI=1S/C29H32N6S2/c1-4-26-32-25-15-14-23-22(27(25)37-26)13-11-19(17-30-23)7-6-16-36-29-34-33-28(35(29)3)21-8-5-9-24-20(21)12-10-18(2)31-24/h5,8-10,12,14-15,19,30H,4,6-7,11,13,16-17H2,1-3H3. The minimum Gasteiger partial charge on any atom is -0.385 e. The molecule has 1 unspecified atom stereocenters. The molecule has 0 radical (unpaired) electrons. The number of nitrogens with zero attached hydrogens (tertiary/aromatic N) is 5. The fraction of sp³-hybridized carbons (Fsp3) is 0.379. The number of fused-ring (bicyclic) bond motifs is 4. The van der Waals surface area contributed by atoms with Crippen molar-refractivity contribution in [2.45, 2.75) is 51.1 Å². The van der Waals surface area contributed by atoms with Crippen molar-refractivity contribution < 1.29 is 0 Å². The van der Waals surface area contributed by atoms with Crippen LogP contribution >= 0.6 is 23.1 Å². The highest BCUT2D eigenvalue weighted by Crippen LogP contribution is 2.36. The lowest BCUT2D eigenvalue weighted by Crippen LogP contribution is -2.12. The number of aryl methyl sites for hydroxylation is 3. The fourth-order valence-electron chi connectivity index (χ4n) is 5.27. The topological polar surface area (TPSA) is 68.5 Å². The zero-order valence-electron chi connectivity index (χ0n) is 21.6. The molecule has 6 nitrogen and oxygen atoms in total. The number of anilines is 1. The second-order valence-electron chi connectivity index (χ2n) is 9.87. The maximum atomic E-state index is 4.80. The third kappa shape index (κ3) is 4.84. The van der Waals surface area contributed by atoms with Crippen molar-refractivity contribution in [3.05, 3.63) is 58.7 Å². The van der Waals surface area contributed by atoms with Crippen molar-refractivity contribution in [3.8, 4) is 11.4 Å². The maximum absolute atomic E-state index is 4.80. The second kappa shape index (κ2) is 10.4. The van der Waals surface area contributed by atoms with Gasteiger partial charge in [-0.15, -0.1) is 21.5 Å². The molecule has 37 heavy (non-hydrogen) atoms. The lowest BCUT2D eigenvalue weighted by atomic mass is 9.97. The van der Waals surface area contributed by atoms with Crippen molar-refractivity contribution in [2.24, 2.45) is 13.0 Å². The van der Waals surface area contributed by atoms with Gasteiger partial charge in [0.2, 0.25) is 0 Å². The molecule has 0 saturated carbocycles. The molecule has 0 spiro atoms. The molecule has 0 aliphatic carbocycles. The van der Waals surface area contributed by atoms with Crippen LogP contribution in [0.4, 0.5) is 5.69 Å². The number of hydrogen-bond acceptors (Lipinski definition) is 7. The van der Waals surface area contributed by atoms with Crippen LogP contribution in [-0.2, 0) is 19.9 Å². The largest absolute Gasteiger partial charge is 0.385 e. The smallest absolute Gasteiger partial charge is 0.191 e. The first-order valence-electron chi connectivity index (χ1n) is 13.1. The Morgan fingerprint density at radius 1 is 1.08 bits per heavy atom. The molecule has 190 valence electrons. The first-order chi connectivity index (χ1) is 18.1. The summed E-state index contributed by atoms with van der Waals surface area (Å²) in [6.07, 6.45) is 5.76. The first-order valence-corrected chi connectivity index (χ1v) is 14.9. The van der Waals surface area contributed by atoms with E-state index in [4.69, 9.17) is 4.98 Å². The zero-order valence-corrected chi connectivity index (χ0v) is 23.3. The highest BCUT2D eigenvalue weighted by atomic mass is 32.2. The minimum absolute atomic E-state index is 0.684. The van der Waals surface area contributed by atoms with E-state index < -0.39 is 0 Å². The van der Waals surface area contributed by atoms with E-state index in [1.54, 1.807) is 11.8 Å². The van der Waals surface area contributed by atoms with Gasteiger partial charge in [0.25, 0.3) is 0 Å². The monoisotopic (exact) mass is 528 g/mol. The molecule has 6 rings (SSSR count). The third-order valence-corrected chi connectivity index (χ3v) is 9.71. The number of thioether (sulfide) groups is 1. The number of aromatic nitrogens is 5. The van der Waals surface area contributed by atoms with Crippen molar-refractivity contribution in [2.75, 3.05) is 17.6 Å². The molecule has 4 heterocycles. The van der Waals surface area contributed by atoms with Crippen LogP contribution in [0.25, 0.3) is 32.5 Å². The molecule has 1 atom stereocenters. The Kier molecular flexibility index (Phi) is 6.86. The number of hydrogen-bond donors (Lipinski definition) is 1. The van der Waals surface area contributed by atoms with E-state index in [9.17, 15) is 0 Å². The number of benzene rings is 2. The van der Waals surface area contributed by atoms with Gasteiger partial charge in [-0.05, 0) is 74.8 Å². The van der Waals surface area contributed by atoms with Crippen LogP contribution < -0.4 is 5.32 Å². The Hall–Kier alpha value is -2.97. The summed E-state index contributed by atoms with van der Waals surface area (Å²) in [5, 5.41) is 16.1. The SMILES string of the molecule is CCc1nc2ccc3c(c2s1)CCC(CCCSc1nnc(-c2cccc4nc(C)ccc24)n1C)CN3. The van der Waals surface area contributed by atoms with Crippen LogP contribution in [-0.4, -0.2) is 37.0 Å². The lowest BCUT2D eigenvalue weighted by molar-refractivity contribution is 0.476. The van der Waals surface area contributed by atoms with E-state index in [0.717, 1.165) is 63.8 Å². The van der Waals surface area contributed by atoms with Crippen LogP contribution in [0.5, 0.6) is 0 Å². The van der Waals surface area contributed by atoms with Gasteiger partial charge in [0.1, 0.15) is 0 Å². The Morgan fingerprint density at radius 3 is 2.89 bits per heavy atom. The molecular formula is C29H32N6S2. The Bertz CT molecular complexity index is 1570. The molecule has 2 aromatic carbocycles. The quantitative estimate of drug-likeness (QED) is 0.180. The number of rotatable bonds is 7. The predicted molar refractivity (Wildman–Crippen MR) is 156 cm³/mol. The number of pyridine rings is 1. The summed E-state index contributed by atoms with van der Waals surface area (Å²) >= 11 is 3.68. The Labute approximate surface area is 225 Å². The van der Waals surface area contributed by atoms with E-state index in [1.807, 2.05) is 24.3 Å². The van der Waals surface area contributed by atoms with Gasteiger partial charge < -0.3 is 9.88 Å². The van der Waals surface area contributed by atoms with Crippen molar-refractivity contribution in [1.82, 2.24) is 24.7 Å². The van der Waals surface area contributed by atoms with Crippen molar-refractivity contribution in [3.63, 3.8) is 0 Å². The highest BCUT2D eigenvalue weighted by Gasteiger charge is 2.20. The molecule has 5 aromatic rings. The molecule has 1 N–H and O–H groups in total. The van der Waals surface area contributed by atoms with E-state index in [0.29, 0.717) is 5.92 Å². The predicted octanol–water partition coefficient (Wildman–Crippen LogP) is 7.06. The summed E-state index contributed by atoms with van der Waals surface area (Å²) in [6.45, 7) is 5.26. The van der Waals surface area contributed by atoms with Crippen LogP contribution in [0.2, 0.25) is 0 Å². The van der Waals surface area contributed by atoms with Crippen LogP contribution in [0.1, 0.15) is 42.5 Å². The number of thiazole rings is 1. The summed E-state index contributed by atoms with van der Waals surface area (Å²) in [7, 11) is 2.06. The average molecular weight is 529 g/mol. The van der Waals surface area contributed by atoms with Gasteiger partial charge in [0.15, 0.2) is 11.0 Å². The van der Waals surface area contributed by atoms with Crippen LogP contribution in [0.15, 0.2) is 47.6 Å². The first kappa shape index (κ1) is 24.4. The third-order valence-electron chi connectivity index (χ3n) is 7.33. The highest BCUT2D eigenvalue weighted by molar-refractivity contribution is 7.99. The van der Waals surface area contributed by atoms with Gasteiger partial charge in [0.05, 0.1) is 20.7 Å². The zero-order chi connectivity index (χ0) is 25.4. The van der Waals surface area contributed by atoms with E-state index in [1.165, 1.54) is 40.2 Å². The van der Waals surface area contributed by atoms with Gasteiger partial charge >= 0.3 is 0 Å². The van der Waals surface area contributed by atoms with Gasteiger partial charge in [-0.25, -0.2) is 4.98 Å². The van der Waals surface area contributed by atoms with Crippen LogP contribution in [0, 0.1) is 12.8 Å². The second-order valence-corrected chi connectivity index (χ2v) is 12.0. The lowest BCUT2D eigenvalue weighted by Gasteiger charge is -2.14. The normalized spacial score (nSPS) is 15.6. The number of nitrogens with one attached hydrogen (secondary N) is 1. The van der Waals surface area contributed by atoms with Gasteiger partial charge in [-0.2, -0.15) is 0 Å². The van der Waals surface area contributed by atoms with Crippen molar-refractivity contribution in [1.29, 1.82) is 0 Å². The minimum atomic E-state index is 0.684. The summed E-state index contributed by atoms with van der Waals surface area (Å²) in [5.41, 5.74) is 7.04. The molecule has 0 fully saturated rings. The molecule has 3 aromatic heterocycles. The Morgan fingerprint density at radius 2 is 2.00 bits per heavy atom. The molecule has 1 aliphatic heterocycles. The molecular weight excluding hydrogens is 496 g/mol. The van der Waals surface area contributed by atoms with E-state index in [-0.39, 0.29) is 0 Å². The van der Waals surface area contributed by atoms with Gasteiger partial charge in [0, 0.05) is 41.7 Å². The van der Waals surface area contributed by atoms with Gasteiger partial charge in [-0.3, -0.25) is 4.98 Å². The molecule has 1 aliphatic rings. The molecule has 0 bridgehead atoms. The summed E-state index contributed by atoms with van der Waals surface area (Å²) < 4.78 is 3.50. The summed E-state index contributed by atoms with van der Waals surface area (Å²) in [5.74, 6) is 2.62. The average Bonchev–Trinajstić information content (AvgIpc) is 3.43.